The molecule has 0 aliphatic rings. The van der Waals surface area contributed by atoms with Crippen molar-refractivity contribution in [2.45, 2.75) is 53.5 Å². The summed E-state index contributed by atoms with van der Waals surface area (Å²) < 4.78 is 0. The Bertz CT molecular complexity index is 389. The fourth-order valence-electron chi connectivity index (χ4n) is 2.22. The van der Waals surface area contributed by atoms with E-state index in [4.69, 9.17) is 0 Å². The van der Waals surface area contributed by atoms with Crippen molar-refractivity contribution in [2.75, 3.05) is 18.1 Å². The molecule has 0 saturated carbocycles. The molecule has 2 heteroatoms. The highest BCUT2D eigenvalue weighted by molar-refractivity contribution is 7.99. The lowest BCUT2D eigenvalue weighted by molar-refractivity contribution is 0.573. The van der Waals surface area contributed by atoms with Crippen molar-refractivity contribution in [3.8, 4) is 0 Å². The van der Waals surface area contributed by atoms with Crippen LogP contribution in [0.5, 0.6) is 0 Å². The average molecular weight is 294 g/mol. The summed E-state index contributed by atoms with van der Waals surface area (Å²) in [5.74, 6) is 3.27. The van der Waals surface area contributed by atoms with E-state index in [1.807, 2.05) is 0 Å². The Labute approximate surface area is 129 Å². The normalized spacial score (nSPS) is 14.2. The van der Waals surface area contributed by atoms with E-state index in [-0.39, 0.29) is 0 Å². The van der Waals surface area contributed by atoms with Gasteiger partial charge in [0.15, 0.2) is 0 Å². The van der Waals surface area contributed by atoms with Crippen LogP contribution in [0.25, 0.3) is 0 Å². The molecule has 0 spiro atoms. The number of aryl methyl sites for hydroxylation is 2. The van der Waals surface area contributed by atoms with Crippen molar-refractivity contribution >= 4 is 11.8 Å². The van der Waals surface area contributed by atoms with Gasteiger partial charge in [-0.1, -0.05) is 51.0 Å². The maximum atomic E-state index is 3.72. The molecule has 0 aliphatic heterocycles. The van der Waals surface area contributed by atoms with Crippen molar-refractivity contribution in [1.29, 1.82) is 0 Å². The quantitative estimate of drug-likeness (QED) is 0.678. The largest absolute Gasteiger partial charge is 0.309 e. The zero-order chi connectivity index (χ0) is 15.0. The van der Waals surface area contributed by atoms with Gasteiger partial charge in [-0.15, -0.1) is 0 Å². The van der Waals surface area contributed by atoms with Crippen LogP contribution in [0.3, 0.4) is 0 Å². The summed E-state index contributed by atoms with van der Waals surface area (Å²) in [5.41, 5.74) is 4.25. The highest BCUT2D eigenvalue weighted by atomic mass is 32.2. The molecule has 20 heavy (non-hydrogen) atoms. The molecule has 1 aromatic rings. The molecule has 114 valence electrons. The molecule has 0 amide bonds. The zero-order valence-electron chi connectivity index (χ0n) is 13.8. The molecule has 2 unspecified atom stereocenters. The van der Waals surface area contributed by atoms with Crippen molar-refractivity contribution < 1.29 is 0 Å². The molecule has 1 rings (SSSR count). The second-order valence-corrected chi connectivity index (χ2v) is 6.99. The first-order valence-corrected chi connectivity index (χ1v) is 9.12. The van der Waals surface area contributed by atoms with Gasteiger partial charge in [-0.2, -0.15) is 11.8 Å². The second-order valence-electron chi connectivity index (χ2n) is 5.92. The monoisotopic (exact) mass is 293 g/mol. The number of hydrogen-bond donors (Lipinski definition) is 1. The van der Waals surface area contributed by atoms with Gasteiger partial charge in [0.2, 0.25) is 0 Å². The van der Waals surface area contributed by atoms with Crippen LogP contribution in [0.15, 0.2) is 18.2 Å². The fraction of sp³-hybridized carbons (Fsp3) is 0.667. The van der Waals surface area contributed by atoms with Gasteiger partial charge in [-0.25, -0.2) is 0 Å². The summed E-state index contributed by atoms with van der Waals surface area (Å²) >= 11 is 2.09. The first kappa shape index (κ1) is 17.6. The molecule has 1 aromatic carbocycles. The van der Waals surface area contributed by atoms with Crippen molar-refractivity contribution in [3.05, 3.63) is 34.9 Å². The molecule has 1 N–H and O–H groups in total. The van der Waals surface area contributed by atoms with Gasteiger partial charge in [0.1, 0.15) is 0 Å². The number of thioether (sulfide) groups is 1. The van der Waals surface area contributed by atoms with E-state index >= 15 is 0 Å². The standard InChI is InChI=1S/C18H31NS/c1-6-10-19-18(13-20-12-14(3)7-2)17-11-15(4)8-9-16(17)5/h8-9,11,14,18-19H,6-7,10,12-13H2,1-5H3. The highest BCUT2D eigenvalue weighted by Crippen LogP contribution is 2.24. The van der Waals surface area contributed by atoms with E-state index < -0.39 is 0 Å². The molecule has 0 bridgehead atoms. The van der Waals surface area contributed by atoms with Gasteiger partial charge >= 0.3 is 0 Å². The van der Waals surface area contributed by atoms with Crippen LogP contribution in [-0.4, -0.2) is 18.1 Å². The van der Waals surface area contributed by atoms with Crippen LogP contribution in [0.4, 0.5) is 0 Å². The Morgan fingerprint density at radius 1 is 1.15 bits per heavy atom. The minimum absolute atomic E-state index is 0.490. The highest BCUT2D eigenvalue weighted by Gasteiger charge is 2.14. The summed E-state index contributed by atoms with van der Waals surface area (Å²) in [5, 5.41) is 3.72. The summed E-state index contributed by atoms with van der Waals surface area (Å²) in [7, 11) is 0. The number of benzene rings is 1. The van der Waals surface area contributed by atoms with Crippen molar-refractivity contribution in [3.63, 3.8) is 0 Å². The molecule has 0 aromatic heterocycles. The first-order valence-electron chi connectivity index (χ1n) is 7.96. The Balaban J connectivity index is 2.70. The van der Waals surface area contributed by atoms with Crippen molar-refractivity contribution in [2.24, 2.45) is 5.92 Å². The second kappa shape index (κ2) is 9.46. The van der Waals surface area contributed by atoms with Gasteiger partial charge in [-0.05, 0) is 49.6 Å². The Morgan fingerprint density at radius 3 is 2.55 bits per heavy atom. The number of hydrogen-bond acceptors (Lipinski definition) is 2. The lowest BCUT2D eigenvalue weighted by Crippen LogP contribution is -2.25. The van der Waals surface area contributed by atoms with Crippen LogP contribution in [0.1, 0.15) is 56.3 Å². The van der Waals surface area contributed by atoms with E-state index in [9.17, 15) is 0 Å². The summed E-state index contributed by atoms with van der Waals surface area (Å²) in [6, 6.07) is 7.31. The van der Waals surface area contributed by atoms with Crippen LogP contribution < -0.4 is 5.32 Å². The predicted molar refractivity (Wildman–Crippen MR) is 93.7 cm³/mol. The third-order valence-electron chi connectivity index (χ3n) is 3.83. The molecule has 0 aliphatic carbocycles. The molecule has 0 saturated heterocycles. The van der Waals surface area contributed by atoms with Gasteiger partial charge in [0.25, 0.3) is 0 Å². The van der Waals surface area contributed by atoms with Gasteiger partial charge in [0.05, 0.1) is 0 Å². The Kier molecular flexibility index (Phi) is 8.32. The lowest BCUT2D eigenvalue weighted by Gasteiger charge is -2.22. The van der Waals surface area contributed by atoms with Crippen LogP contribution in [0.2, 0.25) is 0 Å². The van der Waals surface area contributed by atoms with Crippen LogP contribution in [0, 0.1) is 19.8 Å². The SMILES string of the molecule is CCCNC(CSCC(C)CC)c1cc(C)ccc1C. The summed E-state index contributed by atoms with van der Waals surface area (Å²) in [6.07, 6.45) is 2.47. The molecule has 0 heterocycles. The number of rotatable bonds is 9. The van der Waals surface area contributed by atoms with E-state index in [1.165, 1.54) is 41.0 Å². The smallest absolute Gasteiger partial charge is 0.0414 e. The lowest BCUT2D eigenvalue weighted by atomic mass is 10.00. The van der Waals surface area contributed by atoms with Gasteiger partial charge in [0, 0.05) is 11.8 Å². The van der Waals surface area contributed by atoms with Crippen LogP contribution >= 0.6 is 11.8 Å². The number of nitrogens with one attached hydrogen (secondary N) is 1. The minimum atomic E-state index is 0.490. The molecular weight excluding hydrogens is 262 g/mol. The maximum absolute atomic E-state index is 3.72. The van der Waals surface area contributed by atoms with Crippen LogP contribution in [-0.2, 0) is 0 Å². The summed E-state index contributed by atoms with van der Waals surface area (Å²) in [4.78, 5) is 0. The third-order valence-corrected chi connectivity index (χ3v) is 5.21. The molecular formula is C18H31NS. The topological polar surface area (TPSA) is 12.0 Å². The zero-order valence-corrected chi connectivity index (χ0v) is 14.6. The Hall–Kier alpha value is -0.470. The minimum Gasteiger partial charge on any atom is -0.309 e. The van der Waals surface area contributed by atoms with E-state index in [1.54, 1.807) is 0 Å². The maximum Gasteiger partial charge on any atom is 0.0414 e. The van der Waals surface area contributed by atoms with E-state index in [0.29, 0.717) is 6.04 Å². The first-order chi connectivity index (χ1) is 9.58. The molecule has 2 atom stereocenters. The predicted octanol–water partition coefficient (Wildman–Crippen LogP) is 5.12. The fourth-order valence-corrected chi connectivity index (χ4v) is 3.52. The van der Waals surface area contributed by atoms with Gasteiger partial charge in [-0.3, -0.25) is 0 Å². The average Bonchev–Trinajstić information content (AvgIpc) is 2.45. The molecule has 0 radical (unpaired) electrons. The van der Waals surface area contributed by atoms with E-state index in [2.05, 4.69) is 69.9 Å². The Morgan fingerprint density at radius 2 is 1.90 bits per heavy atom. The van der Waals surface area contributed by atoms with Gasteiger partial charge < -0.3 is 5.32 Å². The third kappa shape index (κ3) is 5.88. The van der Waals surface area contributed by atoms with Crippen molar-refractivity contribution in [1.82, 2.24) is 5.32 Å². The molecule has 1 nitrogen and oxygen atoms in total. The summed E-state index contributed by atoms with van der Waals surface area (Å²) in [6.45, 7) is 12.4. The van der Waals surface area contributed by atoms with E-state index in [0.717, 1.165) is 12.5 Å². The molecule has 0 fully saturated rings.